The van der Waals surface area contributed by atoms with Crippen LogP contribution in [-0.4, -0.2) is 28.9 Å². The van der Waals surface area contributed by atoms with E-state index in [-0.39, 0.29) is 30.1 Å². The fourth-order valence-electron chi connectivity index (χ4n) is 4.42. The van der Waals surface area contributed by atoms with Gasteiger partial charge in [0.15, 0.2) is 0 Å². The summed E-state index contributed by atoms with van der Waals surface area (Å²) in [6, 6.07) is 23.6. The quantitative estimate of drug-likeness (QED) is 0.326. The standard InChI is InChI=1S/C29H28FN3O2/c30-21-12-10-20(11-13-21)28-24(23-8-4-5-9-25(23)33-28)16-17-27(34)32-26(29(35)31-22-14-15-22)18-19-6-2-1-3-7-19/h1-13,22,26,33H,14-18H2,(H,31,35)(H,32,34). The smallest absolute Gasteiger partial charge is 0.243 e. The minimum atomic E-state index is -0.620. The highest BCUT2D eigenvalue weighted by Gasteiger charge is 2.28. The molecule has 1 aromatic heterocycles. The topological polar surface area (TPSA) is 74.0 Å². The van der Waals surface area contributed by atoms with E-state index in [4.69, 9.17) is 0 Å². The number of amides is 2. The molecule has 3 aromatic carbocycles. The van der Waals surface area contributed by atoms with Gasteiger partial charge in [-0.25, -0.2) is 4.39 Å². The Balaban J connectivity index is 1.33. The molecular formula is C29H28FN3O2. The number of carbonyl (C=O) groups is 2. The van der Waals surface area contributed by atoms with Crippen molar-refractivity contribution < 1.29 is 14.0 Å². The molecule has 0 aliphatic heterocycles. The number of carbonyl (C=O) groups excluding carboxylic acids is 2. The second kappa shape index (κ2) is 10.1. The number of aromatic nitrogens is 1. The maximum atomic E-state index is 13.5. The van der Waals surface area contributed by atoms with Crippen molar-refractivity contribution in [1.82, 2.24) is 15.6 Å². The Morgan fingerprint density at radius 2 is 1.66 bits per heavy atom. The van der Waals surface area contributed by atoms with Crippen molar-refractivity contribution in [2.75, 3.05) is 0 Å². The third-order valence-electron chi connectivity index (χ3n) is 6.41. The Morgan fingerprint density at radius 3 is 2.40 bits per heavy atom. The number of fused-ring (bicyclic) bond motifs is 1. The van der Waals surface area contributed by atoms with Gasteiger partial charge in [-0.15, -0.1) is 0 Å². The van der Waals surface area contributed by atoms with Gasteiger partial charge in [-0.3, -0.25) is 9.59 Å². The number of hydrogen-bond acceptors (Lipinski definition) is 2. The molecule has 3 N–H and O–H groups in total. The molecule has 5 rings (SSSR count). The number of H-pyrrole nitrogens is 1. The van der Waals surface area contributed by atoms with Gasteiger partial charge in [-0.2, -0.15) is 0 Å². The molecule has 1 aliphatic carbocycles. The minimum absolute atomic E-state index is 0.135. The van der Waals surface area contributed by atoms with Crippen LogP contribution in [0.25, 0.3) is 22.2 Å². The van der Waals surface area contributed by atoms with E-state index in [0.29, 0.717) is 12.8 Å². The SMILES string of the molecule is O=C(CCc1c(-c2ccc(F)cc2)[nH]c2ccccc12)NC(Cc1ccccc1)C(=O)NC1CC1. The van der Waals surface area contributed by atoms with Crippen LogP contribution < -0.4 is 10.6 Å². The number of rotatable bonds is 9. The molecule has 1 atom stereocenters. The van der Waals surface area contributed by atoms with Crippen molar-refractivity contribution in [1.29, 1.82) is 0 Å². The molecule has 178 valence electrons. The highest BCUT2D eigenvalue weighted by molar-refractivity contribution is 5.92. The molecular weight excluding hydrogens is 441 g/mol. The van der Waals surface area contributed by atoms with Crippen molar-refractivity contribution in [2.24, 2.45) is 0 Å². The molecule has 1 aliphatic rings. The Morgan fingerprint density at radius 1 is 0.943 bits per heavy atom. The van der Waals surface area contributed by atoms with Crippen LogP contribution in [0.3, 0.4) is 0 Å². The van der Waals surface area contributed by atoms with Gasteiger partial charge in [-0.05, 0) is 66.3 Å². The van der Waals surface area contributed by atoms with Crippen LogP contribution in [0.5, 0.6) is 0 Å². The number of aryl methyl sites for hydroxylation is 1. The summed E-state index contributed by atoms with van der Waals surface area (Å²) in [5.41, 5.74) is 4.71. The number of hydrogen-bond donors (Lipinski definition) is 3. The largest absolute Gasteiger partial charge is 0.354 e. The normalized spacial score (nSPS) is 14.0. The lowest BCUT2D eigenvalue weighted by Gasteiger charge is -2.19. The zero-order valence-electron chi connectivity index (χ0n) is 19.4. The monoisotopic (exact) mass is 469 g/mol. The van der Waals surface area contributed by atoms with Gasteiger partial charge in [-0.1, -0.05) is 48.5 Å². The molecule has 0 saturated heterocycles. The third-order valence-corrected chi connectivity index (χ3v) is 6.41. The lowest BCUT2D eigenvalue weighted by Crippen LogP contribution is -2.48. The van der Waals surface area contributed by atoms with Crippen LogP contribution >= 0.6 is 0 Å². The zero-order valence-corrected chi connectivity index (χ0v) is 19.4. The van der Waals surface area contributed by atoms with Crippen LogP contribution in [-0.2, 0) is 22.4 Å². The summed E-state index contributed by atoms with van der Waals surface area (Å²) in [5, 5.41) is 7.02. The van der Waals surface area contributed by atoms with Gasteiger partial charge in [0, 0.05) is 35.5 Å². The molecule has 35 heavy (non-hydrogen) atoms. The van der Waals surface area contributed by atoms with Crippen LogP contribution in [0.2, 0.25) is 0 Å². The van der Waals surface area contributed by atoms with E-state index >= 15 is 0 Å². The van der Waals surface area contributed by atoms with Gasteiger partial charge >= 0.3 is 0 Å². The lowest BCUT2D eigenvalue weighted by atomic mass is 10.0. The molecule has 1 fully saturated rings. The third kappa shape index (κ3) is 5.60. The fourth-order valence-corrected chi connectivity index (χ4v) is 4.42. The van der Waals surface area contributed by atoms with E-state index in [1.165, 1.54) is 12.1 Å². The van der Waals surface area contributed by atoms with E-state index in [1.54, 1.807) is 12.1 Å². The number of benzene rings is 3. The second-order valence-corrected chi connectivity index (χ2v) is 9.12. The maximum absolute atomic E-state index is 13.5. The van der Waals surface area contributed by atoms with E-state index in [0.717, 1.165) is 46.1 Å². The van der Waals surface area contributed by atoms with E-state index in [9.17, 15) is 14.0 Å². The Hall–Kier alpha value is -3.93. The van der Waals surface area contributed by atoms with Crippen LogP contribution in [0.4, 0.5) is 4.39 Å². The first kappa shape index (κ1) is 22.8. The lowest BCUT2D eigenvalue weighted by molar-refractivity contribution is -0.129. The molecule has 1 unspecified atom stereocenters. The first-order valence-corrected chi connectivity index (χ1v) is 12.1. The summed E-state index contributed by atoms with van der Waals surface area (Å²) in [4.78, 5) is 29.3. The average Bonchev–Trinajstić information content (AvgIpc) is 3.61. The molecule has 0 bridgehead atoms. The molecule has 4 aromatic rings. The van der Waals surface area contributed by atoms with Crippen LogP contribution in [0.15, 0.2) is 78.9 Å². The predicted octanol–water partition coefficient (Wildman–Crippen LogP) is 4.91. The van der Waals surface area contributed by atoms with E-state index in [2.05, 4.69) is 15.6 Å². The number of halogens is 1. The first-order chi connectivity index (χ1) is 17.1. The summed E-state index contributed by atoms with van der Waals surface area (Å²) in [6.45, 7) is 0. The molecule has 2 amide bonds. The summed E-state index contributed by atoms with van der Waals surface area (Å²) in [7, 11) is 0. The highest BCUT2D eigenvalue weighted by Crippen LogP contribution is 2.31. The second-order valence-electron chi connectivity index (χ2n) is 9.12. The van der Waals surface area contributed by atoms with Crippen molar-refractivity contribution in [3.05, 3.63) is 95.8 Å². The molecule has 1 heterocycles. The Bertz CT molecular complexity index is 1330. The molecule has 5 nitrogen and oxygen atoms in total. The van der Waals surface area contributed by atoms with E-state index in [1.807, 2.05) is 54.6 Å². The number of nitrogens with one attached hydrogen (secondary N) is 3. The van der Waals surface area contributed by atoms with Crippen molar-refractivity contribution in [2.45, 2.75) is 44.2 Å². The van der Waals surface area contributed by atoms with Gasteiger partial charge in [0.25, 0.3) is 0 Å². The summed E-state index contributed by atoms with van der Waals surface area (Å²) in [6.07, 6.45) is 3.15. The zero-order chi connectivity index (χ0) is 24.2. The van der Waals surface area contributed by atoms with E-state index < -0.39 is 6.04 Å². The van der Waals surface area contributed by atoms with Crippen LogP contribution in [0.1, 0.15) is 30.4 Å². The van der Waals surface area contributed by atoms with Crippen molar-refractivity contribution in [3.63, 3.8) is 0 Å². The summed E-state index contributed by atoms with van der Waals surface area (Å²) >= 11 is 0. The van der Waals surface area contributed by atoms with Gasteiger partial charge < -0.3 is 15.6 Å². The number of para-hydroxylation sites is 1. The molecule has 1 saturated carbocycles. The molecule has 0 radical (unpaired) electrons. The number of aromatic amines is 1. The summed E-state index contributed by atoms with van der Waals surface area (Å²) in [5.74, 6) is -0.601. The van der Waals surface area contributed by atoms with Gasteiger partial charge in [0.05, 0.1) is 0 Å². The molecule has 6 heteroatoms. The van der Waals surface area contributed by atoms with Gasteiger partial charge in [0.1, 0.15) is 11.9 Å². The Kier molecular flexibility index (Phi) is 6.62. The molecule has 0 spiro atoms. The maximum Gasteiger partial charge on any atom is 0.243 e. The summed E-state index contributed by atoms with van der Waals surface area (Å²) < 4.78 is 13.5. The van der Waals surface area contributed by atoms with Crippen LogP contribution in [0, 0.1) is 5.82 Å². The predicted molar refractivity (Wildman–Crippen MR) is 135 cm³/mol. The van der Waals surface area contributed by atoms with Crippen molar-refractivity contribution in [3.8, 4) is 11.3 Å². The Labute approximate surface area is 203 Å². The highest BCUT2D eigenvalue weighted by atomic mass is 19.1. The van der Waals surface area contributed by atoms with Crippen molar-refractivity contribution >= 4 is 22.7 Å². The van der Waals surface area contributed by atoms with Gasteiger partial charge in [0.2, 0.25) is 11.8 Å². The fraction of sp³-hybridized carbons (Fsp3) is 0.241. The minimum Gasteiger partial charge on any atom is -0.354 e. The average molecular weight is 470 g/mol. The first-order valence-electron chi connectivity index (χ1n) is 12.1.